The number of hydrogen-bond acceptors (Lipinski definition) is 5. The molecule has 0 bridgehead atoms. The van der Waals surface area contributed by atoms with Crippen molar-refractivity contribution in [2.24, 2.45) is 0 Å². The van der Waals surface area contributed by atoms with Crippen LogP contribution in [0.25, 0.3) is 0 Å². The maximum absolute atomic E-state index is 13.0. The molecule has 10 heteroatoms. The van der Waals surface area contributed by atoms with Crippen molar-refractivity contribution in [3.05, 3.63) is 41.9 Å². The van der Waals surface area contributed by atoms with E-state index >= 15 is 0 Å². The molecular weight excluding hydrogens is 335 g/mol. The van der Waals surface area contributed by atoms with Gasteiger partial charge < -0.3 is 4.74 Å². The number of ether oxygens (including phenoxy) is 1. The third-order valence-corrected chi connectivity index (χ3v) is 4.08. The second kappa shape index (κ2) is 6.03. The number of aromatic nitrogens is 2. The molecule has 0 aliphatic heterocycles. The molecule has 2 aromatic heterocycles. The standard InChI is InChI=1S/C13H12F3N3O3S/c1-8-5-9(7-17-6-8)23(20,21)19-10-3-4-11(22-2)18-12(10)13(14,15)16/h3-7,19H,1-2H3. The lowest BCUT2D eigenvalue weighted by Crippen LogP contribution is -2.19. The van der Waals surface area contributed by atoms with Crippen LogP contribution in [-0.2, 0) is 16.2 Å². The number of nitrogens with zero attached hydrogens (tertiary/aromatic N) is 2. The Hall–Kier alpha value is -2.36. The number of methoxy groups -OCH3 is 1. The van der Waals surface area contributed by atoms with Crippen LogP contribution in [0.4, 0.5) is 18.9 Å². The van der Waals surface area contributed by atoms with E-state index in [4.69, 9.17) is 0 Å². The summed E-state index contributed by atoms with van der Waals surface area (Å²) in [6.07, 6.45) is -2.38. The summed E-state index contributed by atoms with van der Waals surface area (Å²) in [4.78, 5) is 6.73. The molecule has 0 spiro atoms. The first-order chi connectivity index (χ1) is 10.6. The number of anilines is 1. The Bertz CT molecular complexity index is 823. The van der Waals surface area contributed by atoms with Crippen LogP contribution in [0.2, 0.25) is 0 Å². The van der Waals surface area contributed by atoms with Crippen LogP contribution in [-0.4, -0.2) is 25.5 Å². The van der Waals surface area contributed by atoms with Crippen LogP contribution >= 0.6 is 0 Å². The molecule has 0 aliphatic rings. The van der Waals surface area contributed by atoms with Gasteiger partial charge in [-0.15, -0.1) is 0 Å². The molecule has 0 unspecified atom stereocenters. The second-order valence-corrected chi connectivity index (χ2v) is 6.23. The third-order valence-electron chi connectivity index (χ3n) is 2.75. The molecule has 0 atom stereocenters. The predicted octanol–water partition coefficient (Wildman–Crippen LogP) is 2.61. The van der Waals surface area contributed by atoms with Crippen molar-refractivity contribution < 1.29 is 26.3 Å². The van der Waals surface area contributed by atoms with E-state index in [-0.39, 0.29) is 10.8 Å². The Labute approximate surface area is 130 Å². The second-order valence-electron chi connectivity index (χ2n) is 4.55. The number of rotatable bonds is 4. The third kappa shape index (κ3) is 3.89. The van der Waals surface area contributed by atoms with E-state index in [1.54, 1.807) is 6.92 Å². The quantitative estimate of drug-likeness (QED) is 0.919. The Morgan fingerprint density at radius 1 is 1.22 bits per heavy atom. The fourth-order valence-corrected chi connectivity index (χ4v) is 2.84. The molecule has 0 aromatic carbocycles. The van der Waals surface area contributed by atoms with Crippen LogP contribution < -0.4 is 9.46 Å². The Balaban J connectivity index is 2.47. The minimum absolute atomic E-state index is 0.249. The predicted molar refractivity (Wildman–Crippen MR) is 75.6 cm³/mol. The monoisotopic (exact) mass is 347 g/mol. The van der Waals surface area contributed by atoms with E-state index in [1.165, 1.54) is 12.3 Å². The lowest BCUT2D eigenvalue weighted by molar-refractivity contribution is -0.140. The van der Waals surface area contributed by atoms with Gasteiger partial charge in [-0.05, 0) is 24.6 Å². The number of sulfonamides is 1. The average Bonchev–Trinajstić information content (AvgIpc) is 2.46. The molecular formula is C13H12F3N3O3S. The number of pyridine rings is 2. The molecule has 124 valence electrons. The summed E-state index contributed by atoms with van der Waals surface area (Å²) in [5, 5.41) is 0. The molecule has 0 radical (unpaired) electrons. The Morgan fingerprint density at radius 3 is 2.48 bits per heavy atom. The van der Waals surface area contributed by atoms with E-state index in [0.29, 0.717) is 5.56 Å². The van der Waals surface area contributed by atoms with Crippen molar-refractivity contribution in [1.82, 2.24) is 9.97 Å². The van der Waals surface area contributed by atoms with Crippen LogP contribution in [0, 0.1) is 6.92 Å². The van der Waals surface area contributed by atoms with Gasteiger partial charge in [-0.3, -0.25) is 9.71 Å². The molecule has 0 fully saturated rings. The molecule has 0 aliphatic carbocycles. The number of nitrogens with one attached hydrogen (secondary N) is 1. The van der Waals surface area contributed by atoms with Crippen molar-refractivity contribution in [2.45, 2.75) is 18.0 Å². The maximum atomic E-state index is 13.0. The summed E-state index contributed by atoms with van der Waals surface area (Å²) in [7, 11) is -3.07. The van der Waals surface area contributed by atoms with Gasteiger partial charge in [0.15, 0.2) is 5.69 Å². The molecule has 6 nitrogen and oxygen atoms in total. The van der Waals surface area contributed by atoms with Gasteiger partial charge in [0.1, 0.15) is 4.90 Å². The minimum Gasteiger partial charge on any atom is -0.481 e. The van der Waals surface area contributed by atoms with Gasteiger partial charge in [0.05, 0.1) is 12.8 Å². The highest BCUT2D eigenvalue weighted by Gasteiger charge is 2.37. The first-order valence-electron chi connectivity index (χ1n) is 6.20. The smallest absolute Gasteiger partial charge is 0.435 e. The Kier molecular flexibility index (Phi) is 4.46. The van der Waals surface area contributed by atoms with E-state index in [1.807, 2.05) is 4.72 Å². The van der Waals surface area contributed by atoms with Gasteiger partial charge >= 0.3 is 6.18 Å². The van der Waals surface area contributed by atoms with Gasteiger partial charge in [-0.1, -0.05) is 0 Å². The van der Waals surface area contributed by atoms with Crippen LogP contribution in [0.3, 0.4) is 0 Å². The highest BCUT2D eigenvalue weighted by atomic mass is 32.2. The molecule has 2 rings (SSSR count). The van der Waals surface area contributed by atoms with Gasteiger partial charge in [-0.25, -0.2) is 13.4 Å². The number of aryl methyl sites for hydroxylation is 1. The fraction of sp³-hybridized carbons (Fsp3) is 0.231. The van der Waals surface area contributed by atoms with Crippen LogP contribution in [0.1, 0.15) is 11.3 Å². The highest BCUT2D eigenvalue weighted by Crippen LogP contribution is 2.35. The van der Waals surface area contributed by atoms with Crippen molar-refractivity contribution in [3.63, 3.8) is 0 Å². The lowest BCUT2D eigenvalue weighted by Gasteiger charge is -2.14. The van der Waals surface area contributed by atoms with Crippen molar-refractivity contribution in [1.29, 1.82) is 0 Å². The first-order valence-corrected chi connectivity index (χ1v) is 7.68. The van der Waals surface area contributed by atoms with Gasteiger partial charge in [-0.2, -0.15) is 13.2 Å². The molecule has 2 aromatic rings. The molecule has 1 N–H and O–H groups in total. The molecule has 0 amide bonds. The molecule has 0 saturated carbocycles. The van der Waals surface area contributed by atoms with Crippen molar-refractivity contribution >= 4 is 15.7 Å². The highest BCUT2D eigenvalue weighted by molar-refractivity contribution is 7.92. The topological polar surface area (TPSA) is 81.2 Å². The van der Waals surface area contributed by atoms with Crippen molar-refractivity contribution in [3.8, 4) is 5.88 Å². The number of alkyl halides is 3. The molecule has 0 saturated heterocycles. The summed E-state index contributed by atoms with van der Waals surface area (Å²) in [5.41, 5.74) is -1.53. The zero-order chi connectivity index (χ0) is 17.3. The lowest BCUT2D eigenvalue weighted by atomic mass is 10.3. The maximum Gasteiger partial charge on any atom is 0.435 e. The summed E-state index contributed by atoms with van der Waals surface area (Å²) < 4.78 is 70.1. The fourth-order valence-electron chi connectivity index (χ4n) is 1.73. The van der Waals surface area contributed by atoms with E-state index in [0.717, 1.165) is 25.4 Å². The van der Waals surface area contributed by atoms with Crippen molar-refractivity contribution in [2.75, 3.05) is 11.8 Å². The van der Waals surface area contributed by atoms with Crippen LogP contribution in [0.15, 0.2) is 35.5 Å². The zero-order valence-corrected chi connectivity index (χ0v) is 12.9. The molecule has 2 heterocycles. The SMILES string of the molecule is COc1ccc(NS(=O)(=O)c2cncc(C)c2)c(C(F)(F)F)n1. The Morgan fingerprint density at radius 2 is 1.91 bits per heavy atom. The van der Waals surface area contributed by atoms with E-state index < -0.39 is 27.6 Å². The summed E-state index contributed by atoms with van der Waals surface area (Å²) >= 11 is 0. The summed E-state index contributed by atoms with van der Waals surface area (Å²) in [6, 6.07) is 3.36. The first kappa shape index (κ1) is 17.0. The zero-order valence-electron chi connectivity index (χ0n) is 12.0. The van der Waals surface area contributed by atoms with Gasteiger partial charge in [0.25, 0.3) is 10.0 Å². The van der Waals surface area contributed by atoms with Gasteiger partial charge in [0.2, 0.25) is 5.88 Å². The number of halogens is 3. The van der Waals surface area contributed by atoms with Gasteiger partial charge in [0, 0.05) is 18.5 Å². The van der Waals surface area contributed by atoms with E-state index in [2.05, 4.69) is 14.7 Å². The summed E-state index contributed by atoms with van der Waals surface area (Å²) in [6.45, 7) is 1.61. The number of hydrogen-bond donors (Lipinski definition) is 1. The van der Waals surface area contributed by atoms with E-state index in [9.17, 15) is 21.6 Å². The average molecular weight is 347 g/mol. The largest absolute Gasteiger partial charge is 0.481 e. The minimum atomic E-state index is -4.85. The normalized spacial score (nSPS) is 12.0. The van der Waals surface area contributed by atoms with Crippen LogP contribution in [0.5, 0.6) is 5.88 Å². The summed E-state index contributed by atoms with van der Waals surface area (Å²) in [5.74, 6) is -0.280. The molecule has 23 heavy (non-hydrogen) atoms.